The number of hydrogen-bond donors (Lipinski definition) is 0. The van der Waals surface area contributed by atoms with Crippen LogP contribution in [0.25, 0.3) is 0 Å². The molecule has 2 saturated heterocycles. The molecule has 25 heavy (non-hydrogen) atoms. The first-order valence-electron chi connectivity index (χ1n) is 8.96. The molecule has 2 aliphatic heterocycles. The third kappa shape index (κ3) is 3.46. The van der Waals surface area contributed by atoms with Crippen LogP contribution in [0.3, 0.4) is 0 Å². The van der Waals surface area contributed by atoms with E-state index in [1.54, 1.807) is 17.5 Å². The van der Waals surface area contributed by atoms with Gasteiger partial charge in [0.1, 0.15) is 0 Å². The van der Waals surface area contributed by atoms with Crippen LogP contribution in [0, 0.1) is 12.3 Å². The Morgan fingerprint density at radius 1 is 1.28 bits per heavy atom. The van der Waals surface area contributed by atoms with Gasteiger partial charge in [0.25, 0.3) is 0 Å². The number of hydrogen-bond acceptors (Lipinski definition) is 5. The zero-order chi connectivity index (χ0) is 17.3. The van der Waals surface area contributed by atoms with E-state index in [0.717, 1.165) is 56.1 Å². The summed E-state index contributed by atoms with van der Waals surface area (Å²) in [4.78, 5) is 26.3. The molecule has 0 N–H and O–H groups in total. The molecule has 5 nitrogen and oxygen atoms in total. The average Bonchev–Trinajstić information content (AvgIpc) is 3.15. The van der Waals surface area contributed by atoms with Crippen LogP contribution < -0.4 is 0 Å². The van der Waals surface area contributed by atoms with Crippen LogP contribution in [0.2, 0.25) is 0 Å². The highest BCUT2D eigenvalue weighted by Crippen LogP contribution is 2.41. The third-order valence-electron chi connectivity index (χ3n) is 5.41. The first-order valence-corrected chi connectivity index (χ1v) is 9.84. The van der Waals surface area contributed by atoms with Crippen LogP contribution in [0.1, 0.15) is 35.5 Å². The van der Waals surface area contributed by atoms with Crippen molar-refractivity contribution < 1.29 is 4.79 Å². The lowest BCUT2D eigenvalue weighted by atomic mass is 9.78. The minimum Gasteiger partial charge on any atom is -0.336 e. The summed E-state index contributed by atoms with van der Waals surface area (Å²) in [6.45, 7) is 6.35. The van der Waals surface area contributed by atoms with E-state index in [1.165, 1.54) is 5.56 Å². The second kappa shape index (κ2) is 6.84. The average molecular weight is 356 g/mol. The van der Waals surface area contributed by atoms with Crippen LogP contribution in [0.5, 0.6) is 0 Å². The zero-order valence-corrected chi connectivity index (χ0v) is 15.5. The first-order chi connectivity index (χ1) is 12.1. The molecule has 132 valence electrons. The van der Waals surface area contributed by atoms with Crippen LogP contribution in [-0.2, 0) is 17.9 Å². The van der Waals surface area contributed by atoms with Crippen molar-refractivity contribution in [3.8, 4) is 0 Å². The lowest BCUT2D eigenvalue weighted by Gasteiger charge is -2.39. The smallest absolute Gasteiger partial charge is 0.230 e. The van der Waals surface area contributed by atoms with Gasteiger partial charge in [0.2, 0.25) is 5.91 Å². The van der Waals surface area contributed by atoms with Crippen molar-refractivity contribution >= 4 is 17.2 Å². The molecular weight excluding hydrogens is 332 g/mol. The zero-order valence-electron chi connectivity index (χ0n) is 14.6. The summed E-state index contributed by atoms with van der Waals surface area (Å²) >= 11 is 1.65. The van der Waals surface area contributed by atoms with E-state index in [9.17, 15) is 4.79 Å². The molecule has 1 amide bonds. The minimum atomic E-state index is -0.189. The number of likely N-dealkylation sites (tertiary alicyclic amines) is 2. The van der Waals surface area contributed by atoms with E-state index in [2.05, 4.69) is 26.3 Å². The van der Waals surface area contributed by atoms with E-state index in [1.807, 2.05) is 24.1 Å². The summed E-state index contributed by atoms with van der Waals surface area (Å²) in [6, 6.07) is 4.09. The molecule has 0 radical (unpaired) electrons. The van der Waals surface area contributed by atoms with Crippen molar-refractivity contribution in [1.29, 1.82) is 0 Å². The number of aryl methyl sites for hydroxylation is 1. The maximum atomic E-state index is 13.2. The maximum absolute atomic E-state index is 13.2. The van der Waals surface area contributed by atoms with Gasteiger partial charge in [0.15, 0.2) is 0 Å². The van der Waals surface area contributed by atoms with Gasteiger partial charge in [-0.25, -0.2) is 4.98 Å². The summed E-state index contributed by atoms with van der Waals surface area (Å²) in [5.74, 6) is 0.328. The molecular formula is C19H24N4OS. The third-order valence-corrected chi connectivity index (χ3v) is 6.23. The number of carbonyl (C=O) groups is 1. The highest BCUT2D eigenvalue weighted by Gasteiger charge is 2.48. The van der Waals surface area contributed by atoms with Gasteiger partial charge in [-0.15, -0.1) is 11.3 Å². The molecule has 1 atom stereocenters. The van der Waals surface area contributed by atoms with E-state index >= 15 is 0 Å². The summed E-state index contributed by atoms with van der Waals surface area (Å²) in [7, 11) is 0. The molecule has 2 aromatic heterocycles. The van der Waals surface area contributed by atoms with Gasteiger partial charge in [-0.2, -0.15) is 0 Å². The summed E-state index contributed by atoms with van der Waals surface area (Å²) < 4.78 is 0. The van der Waals surface area contributed by atoms with Crippen LogP contribution >= 0.6 is 11.3 Å². The number of thiazole rings is 1. The number of carbonyl (C=O) groups excluding carboxylic acids is 1. The normalized spacial score (nSPS) is 24.4. The minimum absolute atomic E-state index is 0.189. The Morgan fingerprint density at radius 3 is 2.96 bits per heavy atom. The van der Waals surface area contributed by atoms with Crippen molar-refractivity contribution in [2.24, 2.45) is 5.41 Å². The van der Waals surface area contributed by atoms with Gasteiger partial charge in [0.05, 0.1) is 22.7 Å². The number of pyridine rings is 1. The molecule has 0 aromatic carbocycles. The highest BCUT2D eigenvalue weighted by molar-refractivity contribution is 7.09. The molecule has 2 aromatic rings. The van der Waals surface area contributed by atoms with E-state index in [0.29, 0.717) is 12.5 Å². The SMILES string of the molecule is Cc1nc(CN2CC[C@@]3(CCCN(Cc4cccnc4)C3)C2=O)cs1. The fraction of sp³-hybridized carbons (Fsp3) is 0.526. The predicted molar refractivity (Wildman–Crippen MR) is 98.1 cm³/mol. The second-order valence-electron chi connectivity index (χ2n) is 7.29. The largest absolute Gasteiger partial charge is 0.336 e. The molecule has 2 aliphatic rings. The molecule has 2 fully saturated rings. The lowest BCUT2D eigenvalue weighted by molar-refractivity contribution is -0.139. The van der Waals surface area contributed by atoms with Gasteiger partial charge >= 0.3 is 0 Å². The van der Waals surface area contributed by atoms with Crippen molar-refractivity contribution in [3.05, 3.63) is 46.2 Å². The number of piperidine rings is 1. The molecule has 4 heterocycles. The van der Waals surface area contributed by atoms with Gasteiger partial charge in [-0.1, -0.05) is 6.07 Å². The van der Waals surface area contributed by atoms with Gasteiger partial charge in [-0.05, 0) is 44.4 Å². The summed E-state index contributed by atoms with van der Waals surface area (Å²) in [6.07, 6.45) is 6.81. The van der Waals surface area contributed by atoms with Crippen LogP contribution in [-0.4, -0.2) is 45.3 Å². The molecule has 0 saturated carbocycles. The molecule has 0 aliphatic carbocycles. The lowest BCUT2D eigenvalue weighted by Crippen LogP contribution is -2.47. The van der Waals surface area contributed by atoms with E-state index in [4.69, 9.17) is 0 Å². The summed E-state index contributed by atoms with van der Waals surface area (Å²) in [5, 5.41) is 3.14. The van der Waals surface area contributed by atoms with E-state index < -0.39 is 0 Å². The predicted octanol–water partition coefficient (Wildman–Crippen LogP) is 2.86. The van der Waals surface area contributed by atoms with E-state index in [-0.39, 0.29) is 5.41 Å². The first kappa shape index (κ1) is 16.7. The number of aromatic nitrogens is 2. The Bertz CT molecular complexity index is 747. The topological polar surface area (TPSA) is 49.3 Å². The number of nitrogens with zero attached hydrogens (tertiary/aromatic N) is 4. The van der Waals surface area contributed by atoms with Crippen LogP contribution in [0.4, 0.5) is 0 Å². The Morgan fingerprint density at radius 2 is 2.20 bits per heavy atom. The van der Waals surface area contributed by atoms with Gasteiger partial charge in [-0.3, -0.25) is 14.7 Å². The van der Waals surface area contributed by atoms with Crippen LogP contribution in [0.15, 0.2) is 29.9 Å². The Kier molecular flexibility index (Phi) is 4.56. The fourth-order valence-electron chi connectivity index (χ4n) is 4.21. The van der Waals surface area contributed by atoms with Gasteiger partial charge in [0, 0.05) is 37.4 Å². The summed E-state index contributed by atoms with van der Waals surface area (Å²) in [5.41, 5.74) is 2.06. The second-order valence-corrected chi connectivity index (χ2v) is 8.35. The number of rotatable bonds is 4. The van der Waals surface area contributed by atoms with Crippen molar-refractivity contribution in [1.82, 2.24) is 19.8 Å². The Labute approximate surface area is 152 Å². The molecule has 6 heteroatoms. The number of amides is 1. The fourth-order valence-corrected chi connectivity index (χ4v) is 4.81. The molecule has 0 unspecified atom stereocenters. The Hall–Kier alpha value is -1.79. The van der Waals surface area contributed by atoms with Crippen molar-refractivity contribution in [2.75, 3.05) is 19.6 Å². The highest BCUT2D eigenvalue weighted by atomic mass is 32.1. The molecule has 1 spiro atoms. The molecule has 4 rings (SSSR count). The Balaban J connectivity index is 1.43. The molecule has 0 bridgehead atoms. The quantitative estimate of drug-likeness (QED) is 0.845. The van der Waals surface area contributed by atoms with Crippen molar-refractivity contribution in [3.63, 3.8) is 0 Å². The van der Waals surface area contributed by atoms with Gasteiger partial charge < -0.3 is 4.90 Å². The standard InChI is InChI=1S/C19H24N4OS/c1-15-21-17(13-25-15)12-23-9-6-19(18(23)24)5-3-8-22(14-19)11-16-4-2-7-20-10-16/h2,4,7,10,13H,3,5-6,8-9,11-12,14H2,1H3/t19-/m1/s1. The monoisotopic (exact) mass is 356 g/mol. The van der Waals surface area contributed by atoms with Crippen molar-refractivity contribution in [2.45, 2.75) is 39.3 Å². The maximum Gasteiger partial charge on any atom is 0.230 e.